The summed E-state index contributed by atoms with van der Waals surface area (Å²) in [5.74, 6) is 0.473. The Morgan fingerprint density at radius 3 is 2.41 bits per heavy atom. The third-order valence-corrected chi connectivity index (χ3v) is 2.96. The Balaban J connectivity index is 1.92. The smallest absolute Gasteiger partial charge is 0.410 e. The van der Waals surface area contributed by atoms with Crippen LogP contribution in [-0.2, 0) is 11.4 Å². The van der Waals surface area contributed by atoms with Crippen molar-refractivity contribution in [3.63, 3.8) is 0 Å². The summed E-state index contributed by atoms with van der Waals surface area (Å²) in [7, 11) is 1.51. The summed E-state index contributed by atoms with van der Waals surface area (Å²) >= 11 is 0. The van der Waals surface area contributed by atoms with E-state index in [1.165, 1.54) is 7.05 Å². The van der Waals surface area contributed by atoms with E-state index in [0.717, 1.165) is 16.8 Å². The van der Waals surface area contributed by atoms with Gasteiger partial charge in [0.15, 0.2) is 0 Å². The molecule has 22 heavy (non-hydrogen) atoms. The van der Waals surface area contributed by atoms with Crippen molar-refractivity contribution in [3.8, 4) is 5.75 Å². The van der Waals surface area contributed by atoms with Crippen LogP contribution in [0.5, 0.6) is 5.75 Å². The van der Waals surface area contributed by atoms with Gasteiger partial charge in [0.2, 0.25) is 0 Å². The molecule has 2 aromatic rings. The van der Waals surface area contributed by atoms with E-state index >= 15 is 0 Å². The largest absolute Gasteiger partial charge is 0.412 e. The van der Waals surface area contributed by atoms with Crippen LogP contribution in [0, 0.1) is 0 Å². The van der Waals surface area contributed by atoms with Gasteiger partial charge in [0.05, 0.1) is 5.71 Å². The maximum atomic E-state index is 11.1. The average Bonchev–Trinajstić information content (AvgIpc) is 2.56. The molecule has 0 heterocycles. The van der Waals surface area contributed by atoms with Crippen molar-refractivity contribution in [2.24, 2.45) is 5.16 Å². The van der Waals surface area contributed by atoms with Gasteiger partial charge in [0.1, 0.15) is 12.4 Å². The van der Waals surface area contributed by atoms with Crippen LogP contribution in [-0.4, -0.2) is 18.9 Å². The summed E-state index contributed by atoms with van der Waals surface area (Å²) in [5, 5.41) is 6.48. The molecule has 5 heteroatoms. The van der Waals surface area contributed by atoms with Crippen LogP contribution >= 0.6 is 0 Å². The molecule has 0 saturated heterocycles. The van der Waals surface area contributed by atoms with Gasteiger partial charge < -0.3 is 14.9 Å². The molecule has 0 aliphatic heterocycles. The fourth-order valence-corrected chi connectivity index (χ4v) is 1.75. The van der Waals surface area contributed by atoms with Gasteiger partial charge in [-0.05, 0) is 42.3 Å². The number of amides is 1. The number of oxime groups is 1. The number of hydrogen-bond donors (Lipinski definition) is 1. The minimum atomic E-state index is -0.496. The number of nitrogens with one attached hydrogen (secondary N) is 1. The lowest BCUT2D eigenvalue weighted by atomic mass is 10.1. The first-order chi connectivity index (χ1) is 10.7. The first kappa shape index (κ1) is 15.6. The van der Waals surface area contributed by atoms with Gasteiger partial charge in [-0.3, -0.25) is 0 Å². The molecule has 2 rings (SSSR count). The van der Waals surface area contributed by atoms with Crippen molar-refractivity contribution < 1.29 is 14.4 Å². The standard InChI is InChI=1S/C17H18N2O3/c1-13(19-21-12-14-6-4-3-5-7-14)15-8-10-16(11-9-15)22-17(20)18-2/h3-11H,12H2,1-2H3,(H,18,20)/b19-13+. The zero-order chi connectivity index (χ0) is 15.8. The second kappa shape index (κ2) is 7.83. The van der Waals surface area contributed by atoms with Gasteiger partial charge in [-0.15, -0.1) is 0 Å². The van der Waals surface area contributed by atoms with E-state index < -0.39 is 6.09 Å². The first-order valence-corrected chi connectivity index (χ1v) is 6.89. The molecule has 0 atom stereocenters. The van der Waals surface area contributed by atoms with Gasteiger partial charge in [-0.1, -0.05) is 35.5 Å². The van der Waals surface area contributed by atoms with Crippen molar-refractivity contribution in [1.29, 1.82) is 0 Å². The number of carbonyl (C=O) groups excluding carboxylic acids is 1. The molecular weight excluding hydrogens is 280 g/mol. The third kappa shape index (κ3) is 4.63. The number of rotatable bonds is 5. The van der Waals surface area contributed by atoms with E-state index in [0.29, 0.717) is 12.4 Å². The molecule has 1 N–H and O–H groups in total. The molecule has 0 fully saturated rings. The highest BCUT2D eigenvalue weighted by Gasteiger charge is 2.03. The Morgan fingerprint density at radius 1 is 1.09 bits per heavy atom. The summed E-state index contributed by atoms with van der Waals surface area (Å²) in [6, 6.07) is 16.9. The topological polar surface area (TPSA) is 59.9 Å². The summed E-state index contributed by atoms with van der Waals surface area (Å²) in [5.41, 5.74) is 2.72. The molecule has 0 aliphatic rings. The molecule has 2 aromatic carbocycles. The Labute approximate surface area is 129 Å². The molecule has 0 aliphatic carbocycles. The lowest BCUT2D eigenvalue weighted by Gasteiger charge is -2.05. The van der Waals surface area contributed by atoms with Crippen molar-refractivity contribution in [2.45, 2.75) is 13.5 Å². The second-order valence-electron chi connectivity index (χ2n) is 4.60. The van der Waals surface area contributed by atoms with Crippen LogP contribution in [0.1, 0.15) is 18.1 Å². The van der Waals surface area contributed by atoms with Crippen LogP contribution in [0.25, 0.3) is 0 Å². The van der Waals surface area contributed by atoms with Crippen LogP contribution in [0.15, 0.2) is 59.8 Å². The second-order valence-corrected chi connectivity index (χ2v) is 4.60. The molecule has 0 bridgehead atoms. The van der Waals surface area contributed by atoms with Crippen LogP contribution < -0.4 is 10.1 Å². The van der Waals surface area contributed by atoms with E-state index in [1.54, 1.807) is 12.1 Å². The van der Waals surface area contributed by atoms with Crippen molar-refractivity contribution in [3.05, 3.63) is 65.7 Å². The van der Waals surface area contributed by atoms with Crippen LogP contribution in [0.4, 0.5) is 4.79 Å². The monoisotopic (exact) mass is 298 g/mol. The quantitative estimate of drug-likeness (QED) is 0.680. The molecule has 0 aromatic heterocycles. The molecule has 0 unspecified atom stereocenters. The molecule has 0 spiro atoms. The van der Waals surface area contributed by atoms with Gasteiger partial charge in [0.25, 0.3) is 0 Å². The van der Waals surface area contributed by atoms with Crippen LogP contribution in [0.3, 0.4) is 0 Å². The molecule has 0 saturated carbocycles. The summed E-state index contributed by atoms with van der Waals surface area (Å²) in [6.07, 6.45) is -0.496. The van der Waals surface area contributed by atoms with Crippen molar-refractivity contribution >= 4 is 11.8 Å². The third-order valence-electron chi connectivity index (χ3n) is 2.96. The molecule has 5 nitrogen and oxygen atoms in total. The molecule has 114 valence electrons. The highest BCUT2D eigenvalue weighted by molar-refractivity contribution is 5.98. The number of hydrogen-bond acceptors (Lipinski definition) is 4. The predicted octanol–water partition coefficient (Wildman–Crippen LogP) is 3.35. The highest BCUT2D eigenvalue weighted by atomic mass is 16.6. The van der Waals surface area contributed by atoms with Crippen LogP contribution in [0.2, 0.25) is 0 Å². The zero-order valence-corrected chi connectivity index (χ0v) is 12.6. The number of benzene rings is 2. The first-order valence-electron chi connectivity index (χ1n) is 6.89. The maximum Gasteiger partial charge on any atom is 0.412 e. The van der Waals surface area contributed by atoms with E-state index in [4.69, 9.17) is 9.57 Å². The van der Waals surface area contributed by atoms with E-state index in [9.17, 15) is 4.79 Å². The fourth-order valence-electron chi connectivity index (χ4n) is 1.75. The summed E-state index contributed by atoms with van der Waals surface area (Å²) in [4.78, 5) is 16.4. The summed E-state index contributed by atoms with van der Waals surface area (Å²) in [6.45, 7) is 2.29. The normalized spacial score (nSPS) is 10.9. The predicted molar refractivity (Wildman–Crippen MR) is 85.0 cm³/mol. The lowest BCUT2D eigenvalue weighted by Crippen LogP contribution is -2.21. The lowest BCUT2D eigenvalue weighted by molar-refractivity contribution is 0.130. The minimum Gasteiger partial charge on any atom is -0.410 e. The Morgan fingerprint density at radius 2 is 1.77 bits per heavy atom. The molecular formula is C17H18N2O3. The Kier molecular flexibility index (Phi) is 5.54. The fraction of sp³-hybridized carbons (Fsp3) is 0.176. The van der Waals surface area contributed by atoms with E-state index in [-0.39, 0.29) is 0 Å². The van der Waals surface area contributed by atoms with Gasteiger partial charge in [0, 0.05) is 7.05 Å². The number of carbonyl (C=O) groups is 1. The maximum absolute atomic E-state index is 11.1. The van der Waals surface area contributed by atoms with Crippen molar-refractivity contribution in [2.75, 3.05) is 7.05 Å². The highest BCUT2D eigenvalue weighted by Crippen LogP contribution is 2.13. The Hall–Kier alpha value is -2.82. The molecule has 1 amide bonds. The SMILES string of the molecule is CNC(=O)Oc1ccc(/C(C)=N/OCc2ccccc2)cc1. The molecule has 0 radical (unpaired) electrons. The number of ether oxygens (including phenoxy) is 1. The average molecular weight is 298 g/mol. The summed E-state index contributed by atoms with van der Waals surface area (Å²) < 4.78 is 5.02. The Bertz CT molecular complexity index is 637. The van der Waals surface area contributed by atoms with E-state index in [2.05, 4.69) is 10.5 Å². The zero-order valence-electron chi connectivity index (χ0n) is 12.6. The van der Waals surface area contributed by atoms with Crippen molar-refractivity contribution in [1.82, 2.24) is 5.32 Å². The van der Waals surface area contributed by atoms with Gasteiger partial charge in [-0.2, -0.15) is 0 Å². The number of nitrogens with zero attached hydrogens (tertiary/aromatic N) is 1. The minimum absolute atomic E-state index is 0.427. The van der Waals surface area contributed by atoms with E-state index in [1.807, 2.05) is 49.4 Å². The van der Waals surface area contributed by atoms with Gasteiger partial charge >= 0.3 is 6.09 Å². The van der Waals surface area contributed by atoms with Gasteiger partial charge in [-0.25, -0.2) is 4.79 Å².